The van der Waals surface area contributed by atoms with E-state index in [2.05, 4.69) is 10.6 Å². The van der Waals surface area contributed by atoms with E-state index < -0.39 is 48.0 Å². The maximum atomic E-state index is 12.8. The van der Waals surface area contributed by atoms with Crippen molar-refractivity contribution in [3.05, 3.63) is 35.9 Å². The van der Waals surface area contributed by atoms with Crippen LogP contribution in [-0.2, 0) is 25.5 Å². The van der Waals surface area contributed by atoms with Crippen LogP contribution in [0.15, 0.2) is 30.3 Å². The number of hydrogen-bond acceptors (Lipinski definition) is 6. The molecule has 10 heteroatoms. The highest BCUT2D eigenvalue weighted by molar-refractivity contribution is 6.08. The number of benzene rings is 1. The lowest BCUT2D eigenvalue weighted by molar-refractivity contribution is -0.159. The molecular weight excluding hydrogens is 392 g/mol. The molecule has 3 rings (SSSR count). The SMILES string of the molecule is C[C@@H](OC(=O)CN1C(=O)N[C@@](C)(CCc2ccccc2)C1=O)C(=O)N1CCNC1=O. The average molecular weight is 416 g/mol. The number of amides is 6. The third-order valence-electron chi connectivity index (χ3n) is 5.17. The molecule has 2 atom stereocenters. The molecule has 30 heavy (non-hydrogen) atoms. The normalized spacial score (nSPS) is 22.0. The second-order valence-electron chi connectivity index (χ2n) is 7.49. The Morgan fingerprint density at radius 2 is 1.87 bits per heavy atom. The summed E-state index contributed by atoms with van der Waals surface area (Å²) in [7, 11) is 0. The number of urea groups is 2. The first-order valence-corrected chi connectivity index (χ1v) is 9.68. The highest BCUT2D eigenvalue weighted by Gasteiger charge is 2.48. The van der Waals surface area contributed by atoms with Crippen LogP contribution < -0.4 is 10.6 Å². The van der Waals surface area contributed by atoms with Crippen LogP contribution in [0, 0.1) is 0 Å². The van der Waals surface area contributed by atoms with Gasteiger partial charge >= 0.3 is 18.0 Å². The Morgan fingerprint density at radius 3 is 2.50 bits per heavy atom. The van der Waals surface area contributed by atoms with Gasteiger partial charge in [0, 0.05) is 13.1 Å². The monoisotopic (exact) mass is 416 g/mol. The fraction of sp³-hybridized carbons (Fsp3) is 0.450. The van der Waals surface area contributed by atoms with Gasteiger partial charge in [0.05, 0.1) is 0 Å². The zero-order valence-corrected chi connectivity index (χ0v) is 16.8. The van der Waals surface area contributed by atoms with E-state index in [-0.39, 0.29) is 6.54 Å². The molecule has 0 bridgehead atoms. The first kappa shape index (κ1) is 21.3. The largest absolute Gasteiger partial charge is 0.451 e. The quantitative estimate of drug-likeness (QED) is 0.490. The molecule has 0 aromatic heterocycles. The fourth-order valence-electron chi connectivity index (χ4n) is 3.41. The van der Waals surface area contributed by atoms with Gasteiger partial charge in [-0.2, -0.15) is 0 Å². The third kappa shape index (κ3) is 4.42. The minimum Gasteiger partial charge on any atom is -0.451 e. The molecule has 2 aliphatic heterocycles. The van der Waals surface area contributed by atoms with Crippen molar-refractivity contribution in [2.75, 3.05) is 19.6 Å². The molecule has 0 spiro atoms. The van der Waals surface area contributed by atoms with Crippen molar-refractivity contribution in [1.29, 1.82) is 0 Å². The second kappa shape index (κ2) is 8.52. The lowest BCUT2D eigenvalue weighted by atomic mass is 9.93. The van der Waals surface area contributed by atoms with E-state index in [1.54, 1.807) is 6.92 Å². The van der Waals surface area contributed by atoms with Crippen molar-refractivity contribution in [3.8, 4) is 0 Å². The standard InChI is InChI=1S/C20H24N4O6/c1-13(16(26)23-11-10-21-18(23)28)30-15(25)12-24-17(27)20(2,22-19(24)29)9-8-14-6-4-3-5-7-14/h3-7,13H,8-12H2,1-2H3,(H,21,28)(H,22,29)/t13-,20+/m1/s1. The Kier molecular flexibility index (Phi) is 6.04. The number of hydrogen-bond donors (Lipinski definition) is 2. The first-order chi connectivity index (χ1) is 14.2. The molecule has 2 heterocycles. The average Bonchev–Trinajstić information content (AvgIpc) is 3.23. The molecule has 2 aliphatic rings. The number of carbonyl (C=O) groups excluding carboxylic acids is 5. The van der Waals surface area contributed by atoms with Gasteiger partial charge in [-0.1, -0.05) is 30.3 Å². The van der Waals surface area contributed by atoms with Gasteiger partial charge in [-0.25, -0.2) is 9.59 Å². The van der Waals surface area contributed by atoms with Crippen molar-refractivity contribution in [1.82, 2.24) is 20.4 Å². The molecule has 0 unspecified atom stereocenters. The van der Waals surface area contributed by atoms with E-state index >= 15 is 0 Å². The predicted molar refractivity (Wildman–Crippen MR) is 104 cm³/mol. The zero-order chi connectivity index (χ0) is 21.9. The van der Waals surface area contributed by atoms with Gasteiger partial charge in [-0.3, -0.25) is 24.2 Å². The van der Waals surface area contributed by atoms with Gasteiger partial charge in [0.2, 0.25) is 0 Å². The summed E-state index contributed by atoms with van der Waals surface area (Å²) in [4.78, 5) is 62.8. The Morgan fingerprint density at radius 1 is 1.17 bits per heavy atom. The van der Waals surface area contributed by atoms with E-state index in [1.165, 1.54) is 6.92 Å². The Hall–Kier alpha value is -3.43. The van der Waals surface area contributed by atoms with Gasteiger partial charge in [0.1, 0.15) is 12.1 Å². The summed E-state index contributed by atoms with van der Waals surface area (Å²) in [5.41, 5.74) is -0.112. The topological polar surface area (TPSA) is 125 Å². The number of carbonyl (C=O) groups is 5. The first-order valence-electron chi connectivity index (χ1n) is 9.68. The van der Waals surface area contributed by atoms with E-state index in [0.717, 1.165) is 15.4 Å². The molecule has 10 nitrogen and oxygen atoms in total. The van der Waals surface area contributed by atoms with Crippen molar-refractivity contribution in [2.24, 2.45) is 0 Å². The summed E-state index contributed by atoms with van der Waals surface area (Å²) in [6.45, 7) is 2.85. The molecule has 2 N–H and O–H groups in total. The van der Waals surface area contributed by atoms with Crippen molar-refractivity contribution < 1.29 is 28.7 Å². The third-order valence-corrected chi connectivity index (χ3v) is 5.17. The van der Waals surface area contributed by atoms with Crippen LogP contribution in [0.2, 0.25) is 0 Å². The van der Waals surface area contributed by atoms with Gasteiger partial charge in [0.25, 0.3) is 11.8 Å². The number of imide groups is 2. The van der Waals surface area contributed by atoms with E-state index in [9.17, 15) is 24.0 Å². The van der Waals surface area contributed by atoms with Crippen LogP contribution in [-0.4, -0.2) is 70.9 Å². The molecule has 0 aliphatic carbocycles. The van der Waals surface area contributed by atoms with Gasteiger partial charge in [-0.15, -0.1) is 0 Å². The van der Waals surface area contributed by atoms with Gasteiger partial charge in [-0.05, 0) is 32.3 Å². The number of esters is 1. The number of rotatable bonds is 7. The molecule has 2 fully saturated rings. The lowest BCUT2D eigenvalue weighted by Gasteiger charge is -2.22. The summed E-state index contributed by atoms with van der Waals surface area (Å²) in [6, 6.07) is 8.30. The molecule has 6 amide bonds. The number of aryl methyl sites for hydroxylation is 1. The van der Waals surface area contributed by atoms with Crippen LogP contribution >= 0.6 is 0 Å². The maximum Gasteiger partial charge on any atom is 0.327 e. The van der Waals surface area contributed by atoms with Crippen molar-refractivity contribution in [3.63, 3.8) is 0 Å². The lowest BCUT2D eigenvalue weighted by Crippen LogP contribution is -2.45. The minimum atomic E-state index is -1.22. The number of ether oxygens (including phenoxy) is 1. The summed E-state index contributed by atoms with van der Waals surface area (Å²) < 4.78 is 5.04. The highest BCUT2D eigenvalue weighted by atomic mass is 16.5. The van der Waals surface area contributed by atoms with Crippen LogP contribution in [0.25, 0.3) is 0 Å². The molecule has 1 aromatic carbocycles. The Labute approximate surface area is 173 Å². The molecule has 0 saturated carbocycles. The highest BCUT2D eigenvalue weighted by Crippen LogP contribution is 2.23. The van der Waals surface area contributed by atoms with Gasteiger partial charge in [0.15, 0.2) is 6.10 Å². The summed E-state index contributed by atoms with van der Waals surface area (Å²) in [6.07, 6.45) is -0.274. The molecular formula is C20H24N4O6. The number of nitrogens with one attached hydrogen (secondary N) is 2. The molecule has 1 aromatic rings. The maximum absolute atomic E-state index is 12.8. The fourth-order valence-corrected chi connectivity index (χ4v) is 3.41. The number of nitrogens with zero attached hydrogens (tertiary/aromatic N) is 2. The van der Waals surface area contributed by atoms with Crippen molar-refractivity contribution in [2.45, 2.75) is 38.3 Å². The zero-order valence-electron chi connectivity index (χ0n) is 16.8. The van der Waals surface area contributed by atoms with Crippen LogP contribution in [0.3, 0.4) is 0 Å². The summed E-state index contributed by atoms with van der Waals surface area (Å²) >= 11 is 0. The summed E-state index contributed by atoms with van der Waals surface area (Å²) in [5, 5.41) is 5.12. The van der Waals surface area contributed by atoms with Crippen molar-refractivity contribution >= 4 is 29.8 Å². The molecule has 0 radical (unpaired) electrons. The summed E-state index contributed by atoms with van der Waals surface area (Å²) in [5.74, 6) is -2.10. The van der Waals surface area contributed by atoms with E-state index in [4.69, 9.17) is 4.74 Å². The second-order valence-corrected chi connectivity index (χ2v) is 7.49. The van der Waals surface area contributed by atoms with Crippen LogP contribution in [0.5, 0.6) is 0 Å². The smallest absolute Gasteiger partial charge is 0.327 e. The van der Waals surface area contributed by atoms with Gasteiger partial charge < -0.3 is 15.4 Å². The Balaban J connectivity index is 1.56. The molecule has 2 saturated heterocycles. The minimum absolute atomic E-state index is 0.187. The predicted octanol–water partition coefficient (Wildman–Crippen LogP) is 0.413. The Bertz CT molecular complexity index is 873. The van der Waals surface area contributed by atoms with Crippen LogP contribution in [0.1, 0.15) is 25.8 Å². The molecule has 160 valence electrons. The van der Waals surface area contributed by atoms with Crippen LogP contribution in [0.4, 0.5) is 9.59 Å². The van der Waals surface area contributed by atoms with E-state index in [1.807, 2.05) is 30.3 Å². The van der Waals surface area contributed by atoms with E-state index in [0.29, 0.717) is 19.4 Å².